The minimum Gasteiger partial charge on any atom is -0.352 e. The fraction of sp³-hybridized carbons (Fsp3) is 0.684. The van der Waals surface area contributed by atoms with Gasteiger partial charge in [0.2, 0.25) is 5.91 Å². The maximum Gasteiger partial charge on any atom is 0.226 e. The minimum absolute atomic E-state index is 0.203. The molecular formula is C19H32N2O. The maximum atomic E-state index is 12.7. The van der Waals surface area contributed by atoms with Gasteiger partial charge in [0.15, 0.2) is 0 Å². The molecule has 0 aliphatic carbocycles. The lowest BCUT2D eigenvalue weighted by molar-refractivity contribution is -0.131. The Balaban J connectivity index is 2.54. The van der Waals surface area contributed by atoms with Crippen LogP contribution in [0.1, 0.15) is 77.7 Å². The van der Waals surface area contributed by atoms with Gasteiger partial charge >= 0.3 is 0 Å². The van der Waals surface area contributed by atoms with Crippen LogP contribution < -0.4 is 5.32 Å². The summed E-state index contributed by atoms with van der Waals surface area (Å²) in [5.41, 5.74) is 0.878. The predicted octanol–water partition coefficient (Wildman–Crippen LogP) is 4.86. The second-order valence-electron chi connectivity index (χ2n) is 6.51. The van der Waals surface area contributed by atoms with Gasteiger partial charge in [0.05, 0.1) is 0 Å². The third-order valence-electron chi connectivity index (χ3n) is 4.41. The average Bonchev–Trinajstić information content (AvgIpc) is 2.55. The quantitative estimate of drug-likeness (QED) is 0.593. The zero-order chi connectivity index (χ0) is 16.3. The summed E-state index contributed by atoms with van der Waals surface area (Å²) in [5.74, 6) is 0.203. The molecule has 1 rings (SSSR count). The average molecular weight is 304 g/mol. The van der Waals surface area contributed by atoms with Crippen LogP contribution in [0.2, 0.25) is 0 Å². The number of rotatable bonds is 11. The van der Waals surface area contributed by atoms with E-state index in [4.69, 9.17) is 0 Å². The highest BCUT2D eigenvalue weighted by atomic mass is 16.2. The van der Waals surface area contributed by atoms with Crippen molar-refractivity contribution < 1.29 is 4.79 Å². The fourth-order valence-corrected chi connectivity index (χ4v) is 2.76. The SMILES string of the molecule is CCCCCCC(C)(CCCC)C(=O)NCc1ccncc1. The van der Waals surface area contributed by atoms with E-state index in [1.807, 2.05) is 12.1 Å². The highest BCUT2D eigenvalue weighted by molar-refractivity contribution is 5.82. The molecule has 0 aliphatic heterocycles. The number of amides is 1. The lowest BCUT2D eigenvalue weighted by atomic mass is 9.79. The second-order valence-corrected chi connectivity index (χ2v) is 6.51. The van der Waals surface area contributed by atoms with Crippen LogP contribution in [0.25, 0.3) is 0 Å². The smallest absolute Gasteiger partial charge is 0.226 e. The first-order valence-corrected chi connectivity index (χ1v) is 8.79. The molecule has 0 spiro atoms. The molecule has 22 heavy (non-hydrogen) atoms. The minimum atomic E-state index is -0.225. The number of carbonyl (C=O) groups is 1. The lowest BCUT2D eigenvalue weighted by Gasteiger charge is -2.28. The van der Waals surface area contributed by atoms with Crippen molar-refractivity contribution in [2.45, 2.75) is 78.7 Å². The first-order chi connectivity index (χ1) is 10.6. The Hall–Kier alpha value is -1.38. The number of hydrogen-bond acceptors (Lipinski definition) is 2. The van der Waals surface area contributed by atoms with Crippen molar-refractivity contribution in [1.82, 2.24) is 10.3 Å². The van der Waals surface area contributed by atoms with Crippen molar-refractivity contribution in [3.63, 3.8) is 0 Å². The molecule has 0 fully saturated rings. The van der Waals surface area contributed by atoms with Crippen LogP contribution in [-0.2, 0) is 11.3 Å². The van der Waals surface area contributed by atoms with Crippen molar-refractivity contribution >= 4 is 5.91 Å². The normalized spacial score (nSPS) is 13.6. The molecule has 0 saturated heterocycles. The third kappa shape index (κ3) is 6.59. The number of aromatic nitrogens is 1. The van der Waals surface area contributed by atoms with E-state index < -0.39 is 0 Å². The van der Waals surface area contributed by atoms with Crippen molar-refractivity contribution in [1.29, 1.82) is 0 Å². The van der Waals surface area contributed by atoms with Crippen LogP contribution in [0, 0.1) is 5.41 Å². The summed E-state index contributed by atoms with van der Waals surface area (Å²) in [7, 11) is 0. The Bertz CT molecular complexity index is 419. The summed E-state index contributed by atoms with van der Waals surface area (Å²) >= 11 is 0. The van der Waals surface area contributed by atoms with E-state index in [2.05, 4.69) is 31.1 Å². The van der Waals surface area contributed by atoms with E-state index in [1.165, 1.54) is 19.3 Å². The van der Waals surface area contributed by atoms with Gasteiger partial charge in [-0.2, -0.15) is 0 Å². The molecule has 0 bridgehead atoms. The summed E-state index contributed by atoms with van der Waals surface area (Å²) < 4.78 is 0. The van der Waals surface area contributed by atoms with E-state index >= 15 is 0 Å². The molecule has 0 radical (unpaired) electrons. The summed E-state index contributed by atoms with van der Waals surface area (Å²) in [6.45, 7) is 7.14. The second kappa shape index (κ2) is 10.4. The molecule has 1 aromatic rings. The summed E-state index contributed by atoms with van der Waals surface area (Å²) in [6, 6.07) is 3.90. The molecule has 1 heterocycles. The number of hydrogen-bond donors (Lipinski definition) is 1. The molecule has 1 N–H and O–H groups in total. The first-order valence-electron chi connectivity index (χ1n) is 8.79. The van der Waals surface area contributed by atoms with Crippen molar-refractivity contribution in [3.05, 3.63) is 30.1 Å². The Morgan fingerprint density at radius 1 is 1.05 bits per heavy atom. The molecule has 1 aromatic heterocycles. The summed E-state index contributed by atoms with van der Waals surface area (Å²) in [5, 5.41) is 3.12. The van der Waals surface area contributed by atoms with Gasteiger partial charge in [0.1, 0.15) is 0 Å². The molecule has 0 saturated carbocycles. The molecule has 0 aliphatic rings. The zero-order valence-electron chi connectivity index (χ0n) is 14.5. The van der Waals surface area contributed by atoms with Crippen LogP contribution >= 0.6 is 0 Å². The summed E-state index contributed by atoms with van der Waals surface area (Å²) in [4.78, 5) is 16.7. The lowest BCUT2D eigenvalue weighted by Crippen LogP contribution is -2.38. The van der Waals surface area contributed by atoms with Gasteiger partial charge in [-0.1, -0.05) is 59.3 Å². The highest BCUT2D eigenvalue weighted by Gasteiger charge is 2.31. The molecule has 124 valence electrons. The van der Waals surface area contributed by atoms with Crippen LogP contribution in [0.15, 0.2) is 24.5 Å². The van der Waals surface area contributed by atoms with Crippen molar-refractivity contribution in [2.24, 2.45) is 5.41 Å². The van der Waals surface area contributed by atoms with Crippen LogP contribution in [0.3, 0.4) is 0 Å². The predicted molar refractivity (Wildman–Crippen MR) is 92.5 cm³/mol. The van der Waals surface area contributed by atoms with Crippen LogP contribution in [0.4, 0.5) is 0 Å². The molecule has 3 heteroatoms. The fourth-order valence-electron chi connectivity index (χ4n) is 2.76. The molecule has 1 atom stereocenters. The van der Waals surface area contributed by atoms with E-state index in [-0.39, 0.29) is 11.3 Å². The maximum absolute atomic E-state index is 12.7. The molecule has 1 unspecified atom stereocenters. The molecule has 3 nitrogen and oxygen atoms in total. The summed E-state index contributed by atoms with van der Waals surface area (Å²) in [6.07, 6.45) is 12.7. The monoisotopic (exact) mass is 304 g/mol. The van der Waals surface area contributed by atoms with Crippen LogP contribution in [0.5, 0.6) is 0 Å². The van der Waals surface area contributed by atoms with Gasteiger partial charge in [-0.15, -0.1) is 0 Å². The Kier molecular flexibility index (Phi) is 8.79. The first kappa shape index (κ1) is 18.7. The standard InChI is InChI=1S/C19H32N2O/c1-4-6-8-9-13-19(3,12-7-5-2)18(22)21-16-17-10-14-20-15-11-17/h10-11,14-15H,4-9,12-13,16H2,1-3H3,(H,21,22). The number of carbonyl (C=O) groups excluding carboxylic acids is 1. The van der Waals surface area contributed by atoms with E-state index in [9.17, 15) is 4.79 Å². The third-order valence-corrected chi connectivity index (χ3v) is 4.41. The van der Waals surface area contributed by atoms with Crippen molar-refractivity contribution in [3.8, 4) is 0 Å². The number of nitrogens with zero attached hydrogens (tertiary/aromatic N) is 1. The topological polar surface area (TPSA) is 42.0 Å². The van der Waals surface area contributed by atoms with E-state index in [0.29, 0.717) is 6.54 Å². The molecule has 1 amide bonds. The highest BCUT2D eigenvalue weighted by Crippen LogP contribution is 2.31. The molecule has 0 aromatic carbocycles. The number of nitrogens with one attached hydrogen (secondary N) is 1. The Morgan fingerprint density at radius 3 is 2.32 bits per heavy atom. The zero-order valence-corrected chi connectivity index (χ0v) is 14.5. The van der Waals surface area contributed by atoms with Gasteiger partial charge in [0, 0.05) is 24.4 Å². The number of unbranched alkanes of at least 4 members (excludes halogenated alkanes) is 4. The van der Waals surface area contributed by atoms with Gasteiger partial charge in [-0.05, 0) is 30.5 Å². The van der Waals surface area contributed by atoms with Gasteiger partial charge in [0.25, 0.3) is 0 Å². The van der Waals surface area contributed by atoms with Gasteiger partial charge in [-0.3, -0.25) is 9.78 Å². The van der Waals surface area contributed by atoms with Gasteiger partial charge < -0.3 is 5.32 Å². The van der Waals surface area contributed by atoms with Crippen LogP contribution in [-0.4, -0.2) is 10.9 Å². The Morgan fingerprint density at radius 2 is 1.68 bits per heavy atom. The van der Waals surface area contributed by atoms with E-state index in [1.54, 1.807) is 12.4 Å². The number of pyridine rings is 1. The largest absolute Gasteiger partial charge is 0.352 e. The Labute approximate surface area is 135 Å². The van der Waals surface area contributed by atoms with E-state index in [0.717, 1.165) is 37.7 Å². The van der Waals surface area contributed by atoms with Gasteiger partial charge in [-0.25, -0.2) is 0 Å². The van der Waals surface area contributed by atoms with Crippen molar-refractivity contribution in [2.75, 3.05) is 0 Å². The molecular weight excluding hydrogens is 272 g/mol.